The molecule has 1 saturated heterocycles. The Morgan fingerprint density at radius 2 is 1.48 bits per heavy atom. The number of nitrogen functional groups attached to an aromatic ring is 1. The number of para-hydroxylation sites is 2. The van der Waals surface area contributed by atoms with Crippen molar-refractivity contribution in [2.75, 3.05) is 16.8 Å². The maximum absolute atomic E-state index is 12.5. The second-order valence-electron chi connectivity index (χ2n) is 11.8. The third kappa shape index (κ3) is 10.9. The highest BCUT2D eigenvalue weighted by molar-refractivity contribution is 7.99. The smallest absolute Gasteiger partial charge is 0.224 e. The number of aliphatic hydroxyl groups excluding tert-OH is 1. The van der Waals surface area contributed by atoms with Crippen molar-refractivity contribution in [3.8, 4) is 0 Å². The van der Waals surface area contributed by atoms with Gasteiger partial charge >= 0.3 is 0 Å². The van der Waals surface area contributed by atoms with Crippen LogP contribution >= 0.6 is 11.8 Å². The summed E-state index contributed by atoms with van der Waals surface area (Å²) in [6.45, 7) is 0.430. The number of thioether (sulfide) groups is 1. The minimum atomic E-state index is -0.560. The van der Waals surface area contributed by atoms with Crippen LogP contribution in [0, 0.1) is 0 Å². The van der Waals surface area contributed by atoms with Crippen molar-refractivity contribution in [2.24, 2.45) is 0 Å². The van der Waals surface area contributed by atoms with E-state index in [2.05, 4.69) is 20.6 Å². The first-order chi connectivity index (χ1) is 23.5. The van der Waals surface area contributed by atoms with Crippen LogP contribution in [-0.4, -0.2) is 38.7 Å². The number of aliphatic hydroxyl groups is 1. The molecule has 0 radical (unpaired) electrons. The predicted octanol–water partition coefficient (Wildman–Crippen LogP) is 6.48. The van der Waals surface area contributed by atoms with Gasteiger partial charge in [-0.1, -0.05) is 85.3 Å². The van der Waals surface area contributed by atoms with Gasteiger partial charge in [-0.15, -0.1) is 0 Å². The maximum Gasteiger partial charge on any atom is 0.224 e. The molecule has 3 aromatic carbocycles. The lowest BCUT2D eigenvalue weighted by molar-refractivity contribution is -0.245. The summed E-state index contributed by atoms with van der Waals surface area (Å²) in [5.74, 6) is 0.634. The van der Waals surface area contributed by atoms with E-state index < -0.39 is 6.29 Å². The van der Waals surface area contributed by atoms with E-state index in [4.69, 9.17) is 15.2 Å². The average molecular weight is 670 g/mol. The summed E-state index contributed by atoms with van der Waals surface area (Å²) in [5, 5.41) is 16.0. The van der Waals surface area contributed by atoms with E-state index >= 15 is 0 Å². The summed E-state index contributed by atoms with van der Waals surface area (Å²) < 4.78 is 12.9. The number of ether oxygens (including phenoxy) is 2. The van der Waals surface area contributed by atoms with Crippen LogP contribution in [0.1, 0.15) is 79.6 Å². The third-order valence-corrected chi connectivity index (χ3v) is 9.10. The number of rotatable bonds is 16. The van der Waals surface area contributed by atoms with Crippen LogP contribution in [-0.2, 0) is 32.2 Å². The molecule has 2 amide bonds. The van der Waals surface area contributed by atoms with Gasteiger partial charge < -0.3 is 30.9 Å². The monoisotopic (exact) mass is 669 g/mol. The van der Waals surface area contributed by atoms with Crippen molar-refractivity contribution in [3.05, 3.63) is 114 Å². The molecule has 0 bridgehead atoms. The summed E-state index contributed by atoms with van der Waals surface area (Å²) >= 11 is 1.55. The normalized spacial score (nSPS) is 17.5. The Morgan fingerprint density at radius 3 is 2.19 bits per heavy atom. The third-order valence-electron chi connectivity index (χ3n) is 8.09. The standard InChI is InChI=1S/C37H43N5O5S/c38-31-8-5-6-9-32(31)42-35(45)11-4-2-1-3-10-34(44)41-23-26-12-18-29(19-13-26)36-46-30(25-48-37-39-20-7-21-40-37)22-33(47-36)28-16-14-27(24-43)15-17-28/h5-9,12-21,30,33,36,43H,1-4,10-11,22-25,38H2,(H,41,44)(H,42,45)/t30-,33+,36+/m1/s1. The van der Waals surface area contributed by atoms with Crippen LogP contribution in [0.5, 0.6) is 0 Å². The number of hydrogen-bond donors (Lipinski definition) is 4. The van der Waals surface area contributed by atoms with Gasteiger partial charge in [0.05, 0.1) is 30.2 Å². The summed E-state index contributed by atoms with van der Waals surface area (Å²) in [6.07, 6.45) is 7.48. The van der Waals surface area contributed by atoms with Crippen LogP contribution in [0.25, 0.3) is 0 Å². The van der Waals surface area contributed by atoms with Crippen molar-refractivity contribution < 1.29 is 24.2 Å². The molecule has 3 atom stereocenters. The number of aromatic nitrogens is 2. The number of benzene rings is 3. The Balaban J connectivity index is 1.05. The maximum atomic E-state index is 12.5. The number of unbranched alkanes of at least 4 members (excludes halogenated alkanes) is 3. The molecule has 0 spiro atoms. The molecule has 1 aliphatic rings. The zero-order valence-electron chi connectivity index (χ0n) is 26.9. The van der Waals surface area contributed by atoms with Crippen molar-refractivity contribution in [3.63, 3.8) is 0 Å². The number of nitrogens with two attached hydrogens (primary N) is 1. The fourth-order valence-corrected chi connectivity index (χ4v) is 6.20. The number of nitrogens with zero attached hydrogens (tertiary/aromatic N) is 2. The van der Waals surface area contributed by atoms with Crippen molar-refractivity contribution >= 4 is 35.0 Å². The largest absolute Gasteiger partial charge is 0.397 e. The SMILES string of the molecule is Nc1ccccc1NC(=O)CCCCCCC(=O)NCc1ccc([C@H]2O[C@@H](CSc3ncccn3)C[C@@H](c3ccc(CO)cc3)O2)cc1. The van der Waals surface area contributed by atoms with Crippen molar-refractivity contribution in [1.82, 2.24) is 15.3 Å². The molecule has 48 heavy (non-hydrogen) atoms. The zero-order chi connectivity index (χ0) is 33.6. The fraction of sp³-hybridized carbons (Fsp3) is 0.351. The number of nitrogens with one attached hydrogen (secondary N) is 2. The van der Waals surface area contributed by atoms with Crippen LogP contribution in [0.4, 0.5) is 11.4 Å². The Labute approximate surface area is 285 Å². The highest BCUT2D eigenvalue weighted by Crippen LogP contribution is 2.39. The van der Waals surface area contributed by atoms with E-state index in [1.807, 2.05) is 60.7 Å². The fourth-order valence-electron chi connectivity index (χ4n) is 5.38. The van der Waals surface area contributed by atoms with Crippen LogP contribution in [0.3, 0.4) is 0 Å². The van der Waals surface area contributed by atoms with Crippen LogP contribution < -0.4 is 16.4 Å². The van der Waals surface area contributed by atoms with Gasteiger partial charge in [0.2, 0.25) is 11.8 Å². The van der Waals surface area contributed by atoms with Gasteiger partial charge in [0.1, 0.15) is 0 Å². The quantitative estimate of drug-likeness (QED) is 0.0455. The van der Waals surface area contributed by atoms with Crippen molar-refractivity contribution in [1.29, 1.82) is 0 Å². The van der Waals surface area contributed by atoms with Gasteiger partial charge in [0.25, 0.3) is 0 Å². The highest BCUT2D eigenvalue weighted by atomic mass is 32.2. The lowest BCUT2D eigenvalue weighted by atomic mass is 10.0. The average Bonchev–Trinajstić information content (AvgIpc) is 3.13. The van der Waals surface area contributed by atoms with Gasteiger partial charge in [-0.2, -0.15) is 0 Å². The molecule has 5 N–H and O–H groups in total. The molecule has 11 heteroatoms. The second kappa shape index (κ2) is 18.3. The summed E-state index contributed by atoms with van der Waals surface area (Å²) in [4.78, 5) is 33.3. The van der Waals surface area contributed by atoms with Gasteiger partial charge in [-0.3, -0.25) is 9.59 Å². The Hall–Kier alpha value is -4.29. The first kappa shape index (κ1) is 35.0. The van der Waals surface area contributed by atoms with Crippen LogP contribution in [0.2, 0.25) is 0 Å². The summed E-state index contributed by atoms with van der Waals surface area (Å²) in [5.41, 5.74) is 10.8. The Bertz CT molecular complexity index is 1590. The molecule has 0 unspecified atom stereocenters. The van der Waals surface area contributed by atoms with E-state index in [0.29, 0.717) is 48.1 Å². The van der Waals surface area contributed by atoms with E-state index in [9.17, 15) is 14.7 Å². The minimum Gasteiger partial charge on any atom is -0.397 e. The molecule has 1 fully saturated rings. The molecule has 1 aromatic heterocycles. The lowest BCUT2D eigenvalue weighted by Crippen LogP contribution is -2.31. The Morgan fingerprint density at radius 1 is 0.812 bits per heavy atom. The molecular formula is C37H43N5O5S. The molecule has 10 nitrogen and oxygen atoms in total. The lowest BCUT2D eigenvalue weighted by Gasteiger charge is -2.36. The number of anilines is 2. The second-order valence-corrected chi connectivity index (χ2v) is 12.7. The number of amides is 2. The van der Waals surface area contributed by atoms with Gasteiger partial charge in [-0.05, 0) is 47.7 Å². The van der Waals surface area contributed by atoms with E-state index in [1.54, 1.807) is 42.4 Å². The first-order valence-corrected chi connectivity index (χ1v) is 17.4. The number of hydrogen-bond acceptors (Lipinski definition) is 9. The molecule has 5 rings (SSSR count). The molecule has 0 saturated carbocycles. The molecule has 1 aliphatic heterocycles. The van der Waals surface area contributed by atoms with Crippen LogP contribution in [0.15, 0.2) is 96.4 Å². The summed E-state index contributed by atoms with van der Waals surface area (Å²) in [6, 6.07) is 24.8. The predicted molar refractivity (Wildman–Crippen MR) is 187 cm³/mol. The highest BCUT2D eigenvalue weighted by Gasteiger charge is 2.32. The minimum absolute atomic E-state index is 0.00528. The molecule has 0 aliphatic carbocycles. The van der Waals surface area contributed by atoms with Gasteiger partial charge in [-0.25, -0.2) is 9.97 Å². The van der Waals surface area contributed by atoms with E-state index in [0.717, 1.165) is 47.9 Å². The topological polar surface area (TPSA) is 149 Å². The Kier molecular flexibility index (Phi) is 13.4. The number of carbonyl (C=O) groups excluding carboxylic acids is 2. The summed E-state index contributed by atoms with van der Waals surface area (Å²) in [7, 11) is 0. The zero-order valence-corrected chi connectivity index (χ0v) is 27.7. The first-order valence-electron chi connectivity index (χ1n) is 16.4. The number of carbonyl (C=O) groups is 2. The molecular weight excluding hydrogens is 627 g/mol. The molecule has 4 aromatic rings. The van der Waals surface area contributed by atoms with E-state index in [1.165, 1.54) is 0 Å². The molecule has 252 valence electrons. The van der Waals surface area contributed by atoms with Gasteiger partial charge in [0.15, 0.2) is 11.4 Å². The van der Waals surface area contributed by atoms with E-state index in [-0.39, 0.29) is 30.6 Å². The molecule has 2 heterocycles. The van der Waals surface area contributed by atoms with Crippen molar-refractivity contribution in [2.45, 2.75) is 81.8 Å². The van der Waals surface area contributed by atoms with Gasteiger partial charge in [0, 0.05) is 49.5 Å².